The molecule has 7 heteroatoms. The Hall–Kier alpha value is -2.45. The van der Waals surface area contributed by atoms with Crippen molar-refractivity contribution in [2.75, 3.05) is 52.5 Å². The Labute approximate surface area is 208 Å². The fraction of sp³-hybridized carbons (Fsp3) is 0.536. The van der Waals surface area contributed by atoms with Crippen LogP contribution >= 0.6 is 0 Å². The lowest BCUT2D eigenvalue weighted by molar-refractivity contribution is 0.0286. The molecule has 1 saturated heterocycles. The summed E-state index contributed by atoms with van der Waals surface area (Å²) in [4.78, 5) is 19.9. The summed E-state index contributed by atoms with van der Waals surface area (Å²) in [5.41, 5.74) is 3.87. The molecule has 2 aromatic rings. The van der Waals surface area contributed by atoms with E-state index in [1.54, 1.807) is 4.90 Å². The van der Waals surface area contributed by atoms with Crippen molar-refractivity contribution in [2.24, 2.45) is 0 Å². The quantitative estimate of drug-likeness (QED) is 0.687. The first-order chi connectivity index (χ1) is 16.9. The maximum Gasteiger partial charge on any atom is 0.257 e. The molecule has 1 N–H and O–H groups in total. The molecule has 7 nitrogen and oxygen atoms in total. The standard InChI is InChI=1S/C28H37N3O4/c1-28(2)20-31(19-24(32)18-30-10-9-22-5-3-4-6-23(22)17-30)27(33)25-8-7-21(15-26(25)35-28)16-29-11-13-34-14-12-29/h3-8,15,24,32H,9-14,16-20H2,1-2H3/t24-/m1/s1. The summed E-state index contributed by atoms with van der Waals surface area (Å²) in [5, 5.41) is 11.0. The zero-order chi connectivity index (χ0) is 24.4. The van der Waals surface area contributed by atoms with Gasteiger partial charge in [-0.2, -0.15) is 0 Å². The predicted octanol–water partition coefficient (Wildman–Crippen LogP) is 2.55. The van der Waals surface area contributed by atoms with Crippen molar-refractivity contribution in [2.45, 2.75) is 45.1 Å². The van der Waals surface area contributed by atoms with E-state index in [4.69, 9.17) is 9.47 Å². The van der Waals surface area contributed by atoms with Crippen molar-refractivity contribution < 1.29 is 19.4 Å². The monoisotopic (exact) mass is 479 g/mol. The van der Waals surface area contributed by atoms with Crippen molar-refractivity contribution >= 4 is 5.91 Å². The number of ether oxygens (including phenoxy) is 2. The molecule has 0 aliphatic carbocycles. The summed E-state index contributed by atoms with van der Waals surface area (Å²) in [5.74, 6) is 0.557. The van der Waals surface area contributed by atoms with Crippen LogP contribution in [-0.2, 0) is 24.2 Å². The van der Waals surface area contributed by atoms with E-state index in [0.717, 1.165) is 57.9 Å². The van der Waals surface area contributed by atoms with Gasteiger partial charge in [0.2, 0.25) is 0 Å². The van der Waals surface area contributed by atoms with Crippen LogP contribution in [0.15, 0.2) is 42.5 Å². The number of rotatable bonds is 6. The van der Waals surface area contributed by atoms with Gasteiger partial charge in [-0.15, -0.1) is 0 Å². The molecule has 0 radical (unpaired) electrons. The van der Waals surface area contributed by atoms with E-state index in [2.05, 4.69) is 34.1 Å². The normalized spacial score (nSPS) is 21.6. The maximum absolute atomic E-state index is 13.5. The summed E-state index contributed by atoms with van der Waals surface area (Å²) in [6.07, 6.45) is 0.370. The number of β-amino-alcohol motifs (C(OH)–C–C–N with tert-alkyl or cyclic N) is 1. The van der Waals surface area contributed by atoms with E-state index >= 15 is 0 Å². The minimum Gasteiger partial charge on any atom is -0.485 e. The van der Waals surface area contributed by atoms with Crippen molar-refractivity contribution in [3.8, 4) is 5.75 Å². The Kier molecular flexibility index (Phi) is 7.12. The molecule has 3 aliphatic rings. The van der Waals surface area contributed by atoms with E-state index in [1.165, 1.54) is 11.1 Å². The van der Waals surface area contributed by atoms with Gasteiger partial charge in [0.15, 0.2) is 0 Å². The third kappa shape index (κ3) is 5.86. The molecule has 35 heavy (non-hydrogen) atoms. The second-order valence-corrected chi connectivity index (χ2v) is 10.7. The molecular formula is C28H37N3O4. The van der Waals surface area contributed by atoms with Crippen LogP contribution in [0.1, 0.15) is 40.9 Å². The molecule has 1 amide bonds. The highest BCUT2D eigenvalue weighted by Gasteiger charge is 2.35. The Morgan fingerprint density at radius 3 is 2.57 bits per heavy atom. The van der Waals surface area contributed by atoms with Gasteiger partial charge in [-0.05, 0) is 49.1 Å². The summed E-state index contributed by atoms with van der Waals surface area (Å²) in [7, 11) is 0. The van der Waals surface area contributed by atoms with Gasteiger partial charge in [-0.1, -0.05) is 30.3 Å². The highest BCUT2D eigenvalue weighted by molar-refractivity contribution is 5.97. The van der Waals surface area contributed by atoms with E-state index in [0.29, 0.717) is 30.9 Å². The lowest BCUT2D eigenvalue weighted by atomic mass is 9.99. The lowest BCUT2D eigenvalue weighted by Crippen LogP contribution is -2.48. The van der Waals surface area contributed by atoms with Crippen molar-refractivity contribution in [1.29, 1.82) is 0 Å². The van der Waals surface area contributed by atoms with Crippen LogP contribution in [0.3, 0.4) is 0 Å². The average Bonchev–Trinajstić information content (AvgIpc) is 2.92. The first-order valence-electron chi connectivity index (χ1n) is 12.7. The number of carbonyl (C=O) groups is 1. The summed E-state index contributed by atoms with van der Waals surface area (Å²) in [6.45, 7) is 11.2. The smallest absolute Gasteiger partial charge is 0.257 e. The van der Waals surface area contributed by atoms with Crippen LogP contribution in [0, 0.1) is 0 Å². The number of fused-ring (bicyclic) bond motifs is 2. The maximum atomic E-state index is 13.5. The lowest BCUT2D eigenvalue weighted by Gasteiger charge is -2.33. The molecule has 1 fully saturated rings. The van der Waals surface area contributed by atoms with Crippen LogP contribution in [0.25, 0.3) is 0 Å². The highest BCUT2D eigenvalue weighted by Crippen LogP contribution is 2.31. The molecule has 0 bridgehead atoms. The third-order valence-corrected chi connectivity index (χ3v) is 7.14. The van der Waals surface area contributed by atoms with Gasteiger partial charge in [0, 0.05) is 45.8 Å². The fourth-order valence-corrected chi connectivity index (χ4v) is 5.44. The van der Waals surface area contributed by atoms with Gasteiger partial charge in [0.1, 0.15) is 11.4 Å². The van der Waals surface area contributed by atoms with Gasteiger partial charge in [-0.3, -0.25) is 14.6 Å². The number of hydrogen-bond donors (Lipinski definition) is 1. The molecule has 3 aliphatic heterocycles. The van der Waals surface area contributed by atoms with Crippen LogP contribution in [0.5, 0.6) is 5.75 Å². The molecule has 0 spiro atoms. The van der Waals surface area contributed by atoms with Crippen molar-refractivity contribution in [3.05, 3.63) is 64.7 Å². The third-order valence-electron chi connectivity index (χ3n) is 7.14. The van der Waals surface area contributed by atoms with Crippen LogP contribution in [0.4, 0.5) is 0 Å². The van der Waals surface area contributed by atoms with E-state index < -0.39 is 11.7 Å². The molecule has 5 rings (SSSR count). The first-order valence-corrected chi connectivity index (χ1v) is 12.7. The number of benzene rings is 2. The number of aliphatic hydroxyl groups is 1. The number of hydrogen-bond acceptors (Lipinski definition) is 6. The Bertz CT molecular complexity index is 1050. The number of aliphatic hydroxyl groups excluding tert-OH is 1. The van der Waals surface area contributed by atoms with Crippen LogP contribution in [0.2, 0.25) is 0 Å². The molecule has 188 valence electrons. The Morgan fingerprint density at radius 2 is 1.77 bits per heavy atom. The number of amides is 1. The van der Waals surface area contributed by atoms with Crippen molar-refractivity contribution in [1.82, 2.24) is 14.7 Å². The molecule has 0 aromatic heterocycles. The Morgan fingerprint density at radius 1 is 1.00 bits per heavy atom. The van der Waals surface area contributed by atoms with Gasteiger partial charge < -0.3 is 19.5 Å². The molecule has 1 atom stereocenters. The number of carbonyl (C=O) groups excluding carboxylic acids is 1. The van der Waals surface area contributed by atoms with E-state index in [-0.39, 0.29) is 5.91 Å². The van der Waals surface area contributed by atoms with Gasteiger partial charge in [0.25, 0.3) is 5.91 Å². The SMILES string of the molecule is CC1(C)CN(C[C@H](O)CN2CCc3ccccc3C2)C(=O)c2ccc(CN3CCOCC3)cc2O1. The van der Waals surface area contributed by atoms with Gasteiger partial charge >= 0.3 is 0 Å². The second kappa shape index (κ2) is 10.3. The predicted molar refractivity (Wildman–Crippen MR) is 135 cm³/mol. The topological polar surface area (TPSA) is 65.5 Å². The molecule has 0 unspecified atom stereocenters. The van der Waals surface area contributed by atoms with E-state index in [9.17, 15) is 9.90 Å². The van der Waals surface area contributed by atoms with Crippen molar-refractivity contribution in [3.63, 3.8) is 0 Å². The largest absolute Gasteiger partial charge is 0.485 e. The fourth-order valence-electron chi connectivity index (χ4n) is 5.44. The summed E-state index contributed by atoms with van der Waals surface area (Å²) in [6, 6.07) is 14.4. The summed E-state index contributed by atoms with van der Waals surface area (Å²) < 4.78 is 11.8. The molecule has 3 heterocycles. The Balaban J connectivity index is 1.26. The van der Waals surface area contributed by atoms with Crippen LogP contribution in [-0.4, -0.2) is 89.9 Å². The minimum absolute atomic E-state index is 0.0773. The molecule has 2 aromatic carbocycles. The number of morpholine rings is 1. The van der Waals surface area contributed by atoms with E-state index in [1.807, 2.05) is 32.0 Å². The average molecular weight is 480 g/mol. The van der Waals surface area contributed by atoms with Gasteiger partial charge in [-0.25, -0.2) is 0 Å². The molecular weight excluding hydrogens is 442 g/mol. The number of nitrogens with zero attached hydrogens (tertiary/aromatic N) is 3. The zero-order valence-electron chi connectivity index (χ0n) is 20.9. The zero-order valence-corrected chi connectivity index (χ0v) is 20.9. The second-order valence-electron chi connectivity index (χ2n) is 10.7. The molecule has 0 saturated carbocycles. The highest BCUT2D eigenvalue weighted by atomic mass is 16.5. The van der Waals surface area contributed by atoms with Gasteiger partial charge in [0.05, 0.1) is 31.4 Å². The summed E-state index contributed by atoms with van der Waals surface area (Å²) >= 11 is 0. The first kappa shape index (κ1) is 24.3. The minimum atomic E-state index is -0.623. The van der Waals surface area contributed by atoms with Crippen LogP contribution < -0.4 is 4.74 Å².